The maximum Gasteiger partial charge on any atom is 0.165 e. The number of fused-ring (bicyclic) bond motifs is 1. The molecular weight excluding hydrogens is 193 g/mol. The molecule has 0 bridgehead atoms. The van der Waals surface area contributed by atoms with Crippen molar-refractivity contribution in [3.63, 3.8) is 0 Å². The zero-order chi connectivity index (χ0) is 10.8. The predicted octanol–water partition coefficient (Wildman–Crippen LogP) is 2.65. The summed E-state index contributed by atoms with van der Waals surface area (Å²) in [4.78, 5) is 0. The SMILES string of the molecule is CCNC1c2cccc(F)c2OC1CC. The number of para-hydroxylation sites is 1. The summed E-state index contributed by atoms with van der Waals surface area (Å²) in [5.74, 6) is 0.168. The molecule has 2 rings (SSSR count). The fourth-order valence-corrected chi connectivity index (χ4v) is 2.09. The van der Waals surface area contributed by atoms with Crippen molar-refractivity contribution in [2.45, 2.75) is 32.4 Å². The lowest BCUT2D eigenvalue weighted by Crippen LogP contribution is -2.30. The topological polar surface area (TPSA) is 21.3 Å². The molecule has 2 atom stereocenters. The molecule has 2 nitrogen and oxygen atoms in total. The highest BCUT2D eigenvalue weighted by atomic mass is 19.1. The Balaban J connectivity index is 2.35. The van der Waals surface area contributed by atoms with Crippen LogP contribution in [0.2, 0.25) is 0 Å². The van der Waals surface area contributed by atoms with Gasteiger partial charge in [0.25, 0.3) is 0 Å². The van der Waals surface area contributed by atoms with E-state index in [4.69, 9.17) is 4.74 Å². The second-order valence-electron chi connectivity index (χ2n) is 3.76. The number of hydrogen-bond donors (Lipinski definition) is 1. The van der Waals surface area contributed by atoms with Crippen molar-refractivity contribution in [1.29, 1.82) is 0 Å². The highest BCUT2D eigenvalue weighted by molar-refractivity contribution is 5.41. The summed E-state index contributed by atoms with van der Waals surface area (Å²) in [6.07, 6.45) is 0.933. The number of hydrogen-bond acceptors (Lipinski definition) is 2. The van der Waals surface area contributed by atoms with Crippen LogP contribution in [0.5, 0.6) is 5.75 Å². The van der Waals surface area contributed by atoms with E-state index < -0.39 is 0 Å². The van der Waals surface area contributed by atoms with Gasteiger partial charge in [0.1, 0.15) is 6.10 Å². The highest BCUT2D eigenvalue weighted by Crippen LogP contribution is 2.39. The first-order valence-electron chi connectivity index (χ1n) is 5.46. The molecule has 1 aliphatic heterocycles. The molecule has 0 amide bonds. The van der Waals surface area contributed by atoms with Gasteiger partial charge in [-0.15, -0.1) is 0 Å². The molecule has 0 aromatic heterocycles. The molecule has 1 heterocycles. The van der Waals surface area contributed by atoms with Crippen LogP contribution in [-0.2, 0) is 0 Å². The molecule has 1 aromatic carbocycles. The third-order valence-corrected chi connectivity index (χ3v) is 2.80. The predicted molar refractivity (Wildman–Crippen MR) is 57.5 cm³/mol. The molecule has 0 spiro atoms. The van der Waals surface area contributed by atoms with E-state index in [1.54, 1.807) is 6.07 Å². The Hall–Kier alpha value is -1.09. The number of nitrogens with one attached hydrogen (secondary N) is 1. The van der Waals surface area contributed by atoms with Gasteiger partial charge < -0.3 is 10.1 Å². The van der Waals surface area contributed by atoms with Gasteiger partial charge in [0.05, 0.1) is 6.04 Å². The molecule has 0 aliphatic carbocycles. The Morgan fingerprint density at radius 3 is 2.87 bits per heavy atom. The molecule has 0 fully saturated rings. The van der Waals surface area contributed by atoms with Gasteiger partial charge in [-0.1, -0.05) is 26.0 Å². The van der Waals surface area contributed by atoms with E-state index in [0.29, 0.717) is 5.75 Å². The van der Waals surface area contributed by atoms with Gasteiger partial charge >= 0.3 is 0 Å². The van der Waals surface area contributed by atoms with E-state index in [1.807, 2.05) is 13.0 Å². The second-order valence-corrected chi connectivity index (χ2v) is 3.76. The van der Waals surface area contributed by atoms with Crippen LogP contribution in [-0.4, -0.2) is 12.6 Å². The van der Waals surface area contributed by atoms with Crippen molar-refractivity contribution in [2.75, 3.05) is 6.54 Å². The van der Waals surface area contributed by atoms with Gasteiger partial charge in [0, 0.05) is 5.56 Å². The van der Waals surface area contributed by atoms with Crippen molar-refractivity contribution in [3.8, 4) is 5.75 Å². The lowest BCUT2D eigenvalue weighted by Gasteiger charge is -2.17. The monoisotopic (exact) mass is 209 g/mol. The van der Waals surface area contributed by atoms with Gasteiger partial charge in [-0.25, -0.2) is 4.39 Å². The molecule has 3 heteroatoms. The highest BCUT2D eigenvalue weighted by Gasteiger charge is 2.34. The van der Waals surface area contributed by atoms with Crippen LogP contribution in [0, 0.1) is 5.82 Å². The van der Waals surface area contributed by atoms with E-state index in [-0.39, 0.29) is 18.0 Å². The summed E-state index contributed by atoms with van der Waals surface area (Å²) in [5, 5.41) is 3.34. The van der Waals surface area contributed by atoms with Gasteiger partial charge in [-0.2, -0.15) is 0 Å². The first-order valence-corrected chi connectivity index (χ1v) is 5.46. The fraction of sp³-hybridized carbons (Fsp3) is 0.500. The third-order valence-electron chi connectivity index (χ3n) is 2.80. The lowest BCUT2D eigenvalue weighted by molar-refractivity contribution is 0.180. The average Bonchev–Trinajstić information content (AvgIpc) is 2.59. The molecule has 0 saturated carbocycles. The molecule has 1 aliphatic rings. The van der Waals surface area contributed by atoms with Crippen molar-refractivity contribution in [2.24, 2.45) is 0 Å². The summed E-state index contributed by atoms with van der Waals surface area (Å²) >= 11 is 0. The van der Waals surface area contributed by atoms with Crippen LogP contribution < -0.4 is 10.1 Å². The number of halogens is 1. The van der Waals surface area contributed by atoms with Crippen LogP contribution in [0.25, 0.3) is 0 Å². The molecule has 0 saturated heterocycles. The summed E-state index contributed by atoms with van der Waals surface area (Å²) < 4.78 is 19.1. The smallest absolute Gasteiger partial charge is 0.165 e. The Morgan fingerprint density at radius 1 is 1.40 bits per heavy atom. The van der Waals surface area contributed by atoms with Crippen molar-refractivity contribution >= 4 is 0 Å². The van der Waals surface area contributed by atoms with E-state index in [1.165, 1.54) is 6.07 Å². The van der Waals surface area contributed by atoms with E-state index in [2.05, 4.69) is 12.2 Å². The molecule has 0 radical (unpaired) electrons. The normalized spacial score (nSPS) is 23.7. The quantitative estimate of drug-likeness (QED) is 0.826. The minimum Gasteiger partial charge on any atom is -0.485 e. The number of ether oxygens (including phenoxy) is 1. The maximum atomic E-state index is 13.5. The lowest BCUT2D eigenvalue weighted by atomic mass is 10.0. The van der Waals surface area contributed by atoms with Crippen LogP contribution in [0.1, 0.15) is 31.9 Å². The Bertz CT molecular complexity index is 353. The van der Waals surface area contributed by atoms with E-state index in [9.17, 15) is 4.39 Å². The first kappa shape index (κ1) is 10.4. The molecule has 82 valence electrons. The van der Waals surface area contributed by atoms with Crippen molar-refractivity contribution in [3.05, 3.63) is 29.6 Å². The van der Waals surface area contributed by atoms with Gasteiger partial charge in [0.2, 0.25) is 0 Å². The number of benzene rings is 1. The largest absolute Gasteiger partial charge is 0.485 e. The zero-order valence-electron chi connectivity index (χ0n) is 9.09. The number of likely N-dealkylation sites (N-methyl/N-ethyl adjacent to an activating group) is 1. The standard InChI is InChI=1S/C12H16FNO/c1-3-10-11(14-4-2)8-6-5-7-9(13)12(8)15-10/h5-7,10-11,14H,3-4H2,1-2H3. The maximum absolute atomic E-state index is 13.5. The Morgan fingerprint density at radius 2 is 2.20 bits per heavy atom. The van der Waals surface area contributed by atoms with Crippen molar-refractivity contribution in [1.82, 2.24) is 5.32 Å². The second kappa shape index (κ2) is 4.19. The molecular formula is C12H16FNO. The number of rotatable bonds is 3. The first-order chi connectivity index (χ1) is 7.27. The summed E-state index contributed by atoms with van der Waals surface area (Å²) in [7, 11) is 0. The Kier molecular flexibility index (Phi) is 2.91. The van der Waals surface area contributed by atoms with Gasteiger partial charge in [0.15, 0.2) is 11.6 Å². The summed E-state index contributed by atoms with van der Waals surface area (Å²) in [5.41, 5.74) is 0.948. The average molecular weight is 209 g/mol. The minimum absolute atomic E-state index is 0.0526. The van der Waals surface area contributed by atoms with Crippen LogP contribution in [0.15, 0.2) is 18.2 Å². The van der Waals surface area contributed by atoms with E-state index in [0.717, 1.165) is 18.5 Å². The van der Waals surface area contributed by atoms with E-state index >= 15 is 0 Å². The Labute approximate surface area is 89.4 Å². The van der Waals surface area contributed by atoms with Gasteiger partial charge in [-0.05, 0) is 19.0 Å². The van der Waals surface area contributed by atoms with Crippen LogP contribution >= 0.6 is 0 Å². The third kappa shape index (κ3) is 1.72. The fourth-order valence-electron chi connectivity index (χ4n) is 2.09. The van der Waals surface area contributed by atoms with Crippen LogP contribution in [0.4, 0.5) is 4.39 Å². The zero-order valence-corrected chi connectivity index (χ0v) is 9.09. The minimum atomic E-state index is -0.258. The summed E-state index contributed by atoms with van der Waals surface area (Å²) in [6.45, 7) is 4.96. The molecule has 15 heavy (non-hydrogen) atoms. The van der Waals surface area contributed by atoms with Crippen molar-refractivity contribution < 1.29 is 9.13 Å². The summed E-state index contributed by atoms with van der Waals surface area (Å²) in [6, 6.07) is 5.24. The molecule has 1 aromatic rings. The molecule has 2 unspecified atom stereocenters. The van der Waals surface area contributed by atoms with Gasteiger partial charge in [-0.3, -0.25) is 0 Å². The molecule has 1 N–H and O–H groups in total. The van der Waals surface area contributed by atoms with Crippen LogP contribution in [0.3, 0.4) is 0 Å².